The molecule has 0 spiro atoms. The Morgan fingerprint density at radius 2 is 1.95 bits per heavy atom. The third kappa shape index (κ3) is 3.39. The summed E-state index contributed by atoms with van der Waals surface area (Å²) in [7, 11) is 0. The number of H-pyrrole nitrogens is 1. The monoisotopic (exact) mass is 294 g/mol. The van der Waals surface area contributed by atoms with Crippen molar-refractivity contribution in [1.29, 1.82) is 0 Å². The molecule has 0 bridgehead atoms. The van der Waals surface area contributed by atoms with E-state index < -0.39 is 11.6 Å². The van der Waals surface area contributed by atoms with E-state index in [1.807, 2.05) is 0 Å². The molecule has 2 atom stereocenters. The third-order valence-electron chi connectivity index (χ3n) is 3.84. The van der Waals surface area contributed by atoms with Crippen molar-refractivity contribution in [2.75, 3.05) is 6.54 Å². The van der Waals surface area contributed by atoms with Crippen molar-refractivity contribution in [2.24, 2.45) is 0 Å². The summed E-state index contributed by atoms with van der Waals surface area (Å²) in [6.07, 6.45) is 2.17. The van der Waals surface area contributed by atoms with Crippen LogP contribution >= 0.6 is 0 Å². The number of piperidine rings is 1. The van der Waals surface area contributed by atoms with Crippen LogP contribution in [0.15, 0.2) is 33.6 Å². The molecule has 112 valence electrons. The largest absolute Gasteiger partial charge is 0.383 e. The summed E-state index contributed by atoms with van der Waals surface area (Å²) in [5.74, 6) is -0.325. The highest BCUT2D eigenvalue weighted by molar-refractivity contribution is 5.19. The van der Waals surface area contributed by atoms with Crippen LogP contribution < -0.4 is 10.9 Å². The summed E-state index contributed by atoms with van der Waals surface area (Å²) in [5, 5.41) is 5.63. The average molecular weight is 294 g/mol. The van der Waals surface area contributed by atoms with Gasteiger partial charge >= 0.3 is 0 Å². The lowest BCUT2D eigenvalue weighted by molar-refractivity contribution is 0.292. The van der Waals surface area contributed by atoms with E-state index >= 15 is 0 Å². The number of hydrogen-bond acceptors (Lipinski definition) is 3. The zero-order valence-electron chi connectivity index (χ0n) is 11.4. The Morgan fingerprint density at radius 3 is 2.62 bits per heavy atom. The summed E-state index contributed by atoms with van der Waals surface area (Å²) < 4.78 is 31.6. The molecule has 6 heteroatoms. The molecule has 3 rings (SSSR count). The van der Waals surface area contributed by atoms with Gasteiger partial charge in [-0.25, -0.2) is 8.78 Å². The van der Waals surface area contributed by atoms with Crippen molar-refractivity contribution in [1.82, 2.24) is 10.5 Å². The topological polar surface area (TPSA) is 58.0 Å². The van der Waals surface area contributed by atoms with Gasteiger partial charge in [-0.05, 0) is 43.5 Å². The molecule has 2 heterocycles. The van der Waals surface area contributed by atoms with Gasteiger partial charge in [0.05, 0.1) is 0 Å². The van der Waals surface area contributed by atoms with Crippen LogP contribution in [-0.2, 0) is 6.42 Å². The summed E-state index contributed by atoms with van der Waals surface area (Å²) >= 11 is 0. The van der Waals surface area contributed by atoms with Crippen molar-refractivity contribution in [3.05, 3.63) is 57.6 Å². The fraction of sp³-hybridized carbons (Fsp3) is 0.400. The van der Waals surface area contributed by atoms with Crippen LogP contribution in [0.2, 0.25) is 0 Å². The zero-order valence-corrected chi connectivity index (χ0v) is 11.4. The first-order valence-electron chi connectivity index (χ1n) is 6.97. The molecule has 0 unspecified atom stereocenters. The summed E-state index contributed by atoms with van der Waals surface area (Å²) in [5.41, 5.74) is 0.383. The summed E-state index contributed by atoms with van der Waals surface area (Å²) in [4.78, 5) is 11.1. The van der Waals surface area contributed by atoms with Crippen LogP contribution in [0.1, 0.15) is 30.1 Å². The van der Waals surface area contributed by atoms with Crippen molar-refractivity contribution >= 4 is 0 Å². The van der Waals surface area contributed by atoms with E-state index in [1.54, 1.807) is 0 Å². The van der Waals surface area contributed by atoms with Crippen LogP contribution in [0.5, 0.6) is 0 Å². The quantitative estimate of drug-likeness (QED) is 0.913. The maximum Gasteiger partial charge on any atom is 0.280 e. The normalized spacial score (nSPS) is 22.4. The van der Waals surface area contributed by atoms with E-state index in [9.17, 15) is 13.6 Å². The molecule has 1 aromatic heterocycles. The standard InChI is InChI=1S/C15H16F2N2O2/c16-11-3-9(4-12(17)7-11)5-13-6-10(1-2-18-13)14-8-15(20)19-21-14/h3-4,7-8,10,13,18H,1-2,5-6H2,(H,19,20)/t10-,13+/m1/s1. The Morgan fingerprint density at radius 1 is 1.19 bits per heavy atom. The first kappa shape index (κ1) is 14.0. The van der Waals surface area contributed by atoms with Gasteiger partial charge in [-0.3, -0.25) is 4.79 Å². The highest BCUT2D eigenvalue weighted by Crippen LogP contribution is 2.28. The molecule has 1 aliphatic heterocycles. The second kappa shape index (κ2) is 5.81. The van der Waals surface area contributed by atoms with Gasteiger partial charge in [-0.1, -0.05) is 0 Å². The fourth-order valence-corrected chi connectivity index (χ4v) is 2.93. The molecule has 0 radical (unpaired) electrons. The predicted molar refractivity (Wildman–Crippen MR) is 73.2 cm³/mol. The molecule has 1 saturated heterocycles. The fourth-order valence-electron chi connectivity index (χ4n) is 2.93. The molecule has 0 saturated carbocycles. The Kier molecular flexibility index (Phi) is 3.88. The molecule has 4 nitrogen and oxygen atoms in total. The smallest absolute Gasteiger partial charge is 0.280 e. The Bertz CT molecular complexity index is 660. The number of rotatable bonds is 3. The minimum absolute atomic E-state index is 0.102. The molecule has 2 N–H and O–H groups in total. The van der Waals surface area contributed by atoms with E-state index in [0.717, 1.165) is 25.5 Å². The van der Waals surface area contributed by atoms with E-state index in [-0.39, 0.29) is 17.5 Å². The molecule has 1 aromatic carbocycles. The van der Waals surface area contributed by atoms with Gasteiger partial charge < -0.3 is 9.84 Å². The molecule has 21 heavy (non-hydrogen) atoms. The van der Waals surface area contributed by atoms with Crippen LogP contribution in [0.25, 0.3) is 0 Å². The lowest BCUT2D eigenvalue weighted by Crippen LogP contribution is -2.38. The van der Waals surface area contributed by atoms with Gasteiger partial charge in [-0.2, -0.15) is 5.16 Å². The van der Waals surface area contributed by atoms with Gasteiger partial charge in [-0.15, -0.1) is 0 Å². The van der Waals surface area contributed by atoms with Crippen molar-refractivity contribution in [3.63, 3.8) is 0 Å². The van der Waals surface area contributed by atoms with Gasteiger partial charge in [0.25, 0.3) is 5.56 Å². The Labute approximate surface area is 120 Å². The van der Waals surface area contributed by atoms with Crippen LogP contribution in [0.3, 0.4) is 0 Å². The molecule has 0 amide bonds. The Balaban J connectivity index is 1.70. The summed E-state index contributed by atoms with van der Waals surface area (Å²) in [6, 6.07) is 5.14. The van der Waals surface area contributed by atoms with Crippen molar-refractivity contribution in [2.45, 2.75) is 31.2 Å². The zero-order chi connectivity index (χ0) is 14.8. The van der Waals surface area contributed by atoms with Crippen molar-refractivity contribution in [3.8, 4) is 0 Å². The lowest BCUT2D eigenvalue weighted by Gasteiger charge is -2.29. The minimum Gasteiger partial charge on any atom is -0.383 e. The number of hydrogen-bond donors (Lipinski definition) is 2. The second-order valence-electron chi connectivity index (χ2n) is 5.47. The SMILES string of the molecule is O=c1cc([C@@H]2CCN[C@@H](Cc3cc(F)cc(F)c3)C2)o[nH]1. The van der Waals surface area contributed by atoms with Crippen LogP contribution in [0.4, 0.5) is 8.78 Å². The molecule has 1 fully saturated rings. The number of nitrogens with one attached hydrogen (secondary N) is 2. The van der Waals surface area contributed by atoms with Crippen LogP contribution in [-0.4, -0.2) is 17.7 Å². The van der Waals surface area contributed by atoms with Gasteiger partial charge in [0.1, 0.15) is 17.4 Å². The second-order valence-corrected chi connectivity index (χ2v) is 5.47. The number of aromatic nitrogens is 1. The molecule has 0 aliphatic carbocycles. The molecule has 2 aromatic rings. The summed E-state index contributed by atoms with van der Waals surface area (Å²) in [6.45, 7) is 0.780. The number of halogens is 2. The van der Waals surface area contributed by atoms with E-state index in [4.69, 9.17) is 4.52 Å². The highest BCUT2D eigenvalue weighted by Gasteiger charge is 2.25. The number of benzene rings is 1. The minimum atomic E-state index is -0.561. The van der Waals surface area contributed by atoms with E-state index in [2.05, 4.69) is 10.5 Å². The molecular weight excluding hydrogens is 278 g/mol. The van der Waals surface area contributed by atoms with Gasteiger partial charge in [0.15, 0.2) is 0 Å². The maximum absolute atomic E-state index is 13.2. The van der Waals surface area contributed by atoms with Crippen LogP contribution in [0, 0.1) is 11.6 Å². The van der Waals surface area contributed by atoms with Gasteiger partial charge in [0.2, 0.25) is 0 Å². The first-order valence-corrected chi connectivity index (χ1v) is 6.97. The van der Waals surface area contributed by atoms with E-state index in [1.165, 1.54) is 18.2 Å². The maximum atomic E-state index is 13.2. The molecule has 1 aliphatic rings. The first-order chi connectivity index (χ1) is 10.1. The Hall–Kier alpha value is -1.95. The molecular formula is C15H16F2N2O2. The predicted octanol–water partition coefficient (Wildman–Crippen LogP) is 2.32. The number of aromatic amines is 1. The highest BCUT2D eigenvalue weighted by atomic mass is 19.1. The van der Waals surface area contributed by atoms with Crippen molar-refractivity contribution < 1.29 is 13.3 Å². The third-order valence-corrected chi connectivity index (χ3v) is 3.84. The van der Waals surface area contributed by atoms with E-state index in [0.29, 0.717) is 17.7 Å². The lowest BCUT2D eigenvalue weighted by atomic mass is 9.87. The van der Waals surface area contributed by atoms with Gasteiger partial charge in [0, 0.05) is 24.1 Å². The average Bonchev–Trinajstić information content (AvgIpc) is 2.84.